The number of aromatic nitrogens is 2. The van der Waals surface area contributed by atoms with E-state index in [1.54, 1.807) is 0 Å². The fourth-order valence-electron chi connectivity index (χ4n) is 2.47. The lowest BCUT2D eigenvalue weighted by molar-refractivity contribution is 0.494. The molecule has 18 heavy (non-hydrogen) atoms. The Bertz CT molecular complexity index is 423. The minimum Gasteiger partial charge on any atom is -0.356 e. The molecule has 0 aromatic carbocycles. The quantitative estimate of drug-likeness (QED) is 0.785. The monoisotopic (exact) mass is 267 g/mol. The smallest absolute Gasteiger partial charge is 0.137 e. The number of hydrogen-bond acceptors (Lipinski definition) is 3. The molecule has 2 atom stereocenters. The lowest BCUT2D eigenvalue weighted by Gasteiger charge is -2.20. The summed E-state index contributed by atoms with van der Waals surface area (Å²) in [6.45, 7) is 10.9. The fourth-order valence-corrected chi connectivity index (χ4v) is 2.65. The minimum atomic E-state index is 0.607. The standard InChI is InChI=1S/C14H22ClN3/c1-5-6-12-16-13(15)11(4)14(17-12)18-7-9(2)10(3)8-18/h9-10H,5-8H2,1-4H3. The van der Waals surface area contributed by atoms with Gasteiger partial charge in [-0.05, 0) is 25.2 Å². The van der Waals surface area contributed by atoms with E-state index in [-0.39, 0.29) is 0 Å². The van der Waals surface area contributed by atoms with Crippen molar-refractivity contribution in [2.45, 2.75) is 40.5 Å². The van der Waals surface area contributed by atoms with Crippen molar-refractivity contribution in [2.75, 3.05) is 18.0 Å². The van der Waals surface area contributed by atoms with Gasteiger partial charge in [0.15, 0.2) is 0 Å². The molecule has 0 saturated carbocycles. The second-order valence-electron chi connectivity index (χ2n) is 5.49. The molecule has 1 aliphatic heterocycles. The molecule has 1 fully saturated rings. The second kappa shape index (κ2) is 5.43. The van der Waals surface area contributed by atoms with Crippen LogP contribution < -0.4 is 4.90 Å². The molecule has 1 saturated heterocycles. The van der Waals surface area contributed by atoms with Gasteiger partial charge in [-0.2, -0.15) is 0 Å². The van der Waals surface area contributed by atoms with Crippen LogP contribution in [-0.4, -0.2) is 23.1 Å². The zero-order valence-corrected chi connectivity index (χ0v) is 12.5. The van der Waals surface area contributed by atoms with E-state index in [1.165, 1.54) is 0 Å². The molecule has 100 valence electrons. The predicted octanol–water partition coefficient (Wildman–Crippen LogP) is 3.48. The Balaban J connectivity index is 2.32. The fraction of sp³-hybridized carbons (Fsp3) is 0.714. The van der Waals surface area contributed by atoms with Crippen molar-refractivity contribution in [1.82, 2.24) is 9.97 Å². The highest BCUT2D eigenvalue weighted by Gasteiger charge is 2.28. The van der Waals surface area contributed by atoms with Crippen LogP contribution in [0.5, 0.6) is 0 Å². The lowest BCUT2D eigenvalue weighted by atomic mass is 10.0. The highest BCUT2D eigenvalue weighted by Crippen LogP contribution is 2.30. The van der Waals surface area contributed by atoms with Gasteiger partial charge in [0, 0.05) is 25.1 Å². The molecule has 0 spiro atoms. The highest BCUT2D eigenvalue weighted by molar-refractivity contribution is 6.30. The van der Waals surface area contributed by atoms with Gasteiger partial charge in [-0.15, -0.1) is 0 Å². The van der Waals surface area contributed by atoms with Crippen LogP contribution in [0, 0.1) is 18.8 Å². The molecule has 0 N–H and O–H groups in total. The first-order chi connectivity index (χ1) is 8.52. The highest BCUT2D eigenvalue weighted by atomic mass is 35.5. The minimum absolute atomic E-state index is 0.607. The third kappa shape index (κ3) is 2.61. The molecule has 2 heterocycles. The molecular formula is C14H22ClN3. The summed E-state index contributed by atoms with van der Waals surface area (Å²) in [5.41, 5.74) is 1.01. The van der Waals surface area contributed by atoms with E-state index in [4.69, 9.17) is 16.6 Å². The summed E-state index contributed by atoms with van der Waals surface area (Å²) in [4.78, 5) is 11.4. The van der Waals surface area contributed by atoms with E-state index in [1.807, 2.05) is 6.92 Å². The lowest BCUT2D eigenvalue weighted by Crippen LogP contribution is -2.23. The summed E-state index contributed by atoms with van der Waals surface area (Å²) < 4.78 is 0. The average molecular weight is 268 g/mol. The number of nitrogens with zero attached hydrogens (tertiary/aromatic N) is 3. The summed E-state index contributed by atoms with van der Waals surface area (Å²) in [5.74, 6) is 3.34. The Morgan fingerprint density at radius 2 is 1.83 bits per heavy atom. The Hall–Kier alpha value is -0.830. The van der Waals surface area contributed by atoms with Crippen molar-refractivity contribution >= 4 is 17.4 Å². The Morgan fingerprint density at radius 3 is 2.39 bits per heavy atom. The van der Waals surface area contributed by atoms with Crippen LogP contribution in [0.3, 0.4) is 0 Å². The Morgan fingerprint density at radius 1 is 1.22 bits per heavy atom. The Kier molecular flexibility index (Phi) is 4.10. The summed E-state index contributed by atoms with van der Waals surface area (Å²) >= 11 is 6.23. The molecule has 2 unspecified atom stereocenters. The molecule has 4 heteroatoms. The van der Waals surface area contributed by atoms with Gasteiger partial charge < -0.3 is 4.90 Å². The van der Waals surface area contributed by atoms with Gasteiger partial charge in [-0.25, -0.2) is 9.97 Å². The van der Waals surface area contributed by atoms with Gasteiger partial charge in [-0.3, -0.25) is 0 Å². The van der Waals surface area contributed by atoms with E-state index < -0.39 is 0 Å². The topological polar surface area (TPSA) is 29.0 Å². The summed E-state index contributed by atoms with van der Waals surface area (Å²) in [6.07, 6.45) is 1.94. The van der Waals surface area contributed by atoms with Gasteiger partial charge in [0.25, 0.3) is 0 Å². The summed E-state index contributed by atoms with van der Waals surface area (Å²) in [5, 5.41) is 0.607. The van der Waals surface area contributed by atoms with Crippen LogP contribution in [0.2, 0.25) is 5.15 Å². The number of aryl methyl sites for hydroxylation is 1. The number of hydrogen-bond donors (Lipinski definition) is 0. The van der Waals surface area contributed by atoms with Crippen molar-refractivity contribution in [2.24, 2.45) is 11.8 Å². The SMILES string of the molecule is CCCc1nc(Cl)c(C)c(N2CC(C)C(C)C2)n1. The van der Waals surface area contributed by atoms with Crippen LogP contribution in [0.1, 0.15) is 38.6 Å². The largest absolute Gasteiger partial charge is 0.356 e. The summed E-state index contributed by atoms with van der Waals surface area (Å²) in [7, 11) is 0. The van der Waals surface area contributed by atoms with Gasteiger partial charge in [-0.1, -0.05) is 32.4 Å². The van der Waals surface area contributed by atoms with Crippen LogP contribution in [-0.2, 0) is 6.42 Å². The van der Waals surface area contributed by atoms with Crippen LogP contribution >= 0.6 is 11.6 Å². The molecule has 2 rings (SSSR count). The number of rotatable bonds is 3. The van der Waals surface area contributed by atoms with E-state index >= 15 is 0 Å². The van der Waals surface area contributed by atoms with Crippen molar-refractivity contribution in [1.29, 1.82) is 0 Å². The van der Waals surface area contributed by atoms with Crippen LogP contribution in [0.25, 0.3) is 0 Å². The molecule has 0 radical (unpaired) electrons. The molecule has 1 aromatic heterocycles. The second-order valence-corrected chi connectivity index (χ2v) is 5.85. The van der Waals surface area contributed by atoms with Crippen molar-refractivity contribution < 1.29 is 0 Å². The first kappa shape index (κ1) is 13.6. The van der Waals surface area contributed by atoms with Crippen LogP contribution in [0.15, 0.2) is 0 Å². The van der Waals surface area contributed by atoms with E-state index in [0.29, 0.717) is 17.0 Å². The van der Waals surface area contributed by atoms with Crippen LogP contribution in [0.4, 0.5) is 5.82 Å². The zero-order chi connectivity index (χ0) is 13.3. The maximum Gasteiger partial charge on any atom is 0.137 e. The van der Waals surface area contributed by atoms with Gasteiger partial charge in [0.1, 0.15) is 16.8 Å². The third-order valence-electron chi connectivity index (χ3n) is 3.87. The van der Waals surface area contributed by atoms with Crippen molar-refractivity contribution in [3.63, 3.8) is 0 Å². The van der Waals surface area contributed by atoms with E-state index in [0.717, 1.165) is 43.1 Å². The van der Waals surface area contributed by atoms with Crippen molar-refractivity contribution in [3.05, 3.63) is 16.5 Å². The molecule has 3 nitrogen and oxygen atoms in total. The normalized spacial score (nSPS) is 23.7. The van der Waals surface area contributed by atoms with Gasteiger partial charge in [0.2, 0.25) is 0 Å². The first-order valence-corrected chi connectivity index (χ1v) is 7.18. The zero-order valence-electron chi connectivity index (χ0n) is 11.7. The summed E-state index contributed by atoms with van der Waals surface area (Å²) in [6, 6.07) is 0. The molecule has 1 aliphatic rings. The maximum atomic E-state index is 6.23. The van der Waals surface area contributed by atoms with Gasteiger partial charge in [0.05, 0.1) is 0 Å². The third-order valence-corrected chi connectivity index (χ3v) is 4.24. The predicted molar refractivity (Wildman–Crippen MR) is 76.3 cm³/mol. The van der Waals surface area contributed by atoms with Gasteiger partial charge >= 0.3 is 0 Å². The Labute approximate surface area is 115 Å². The number of anilines is 1. The molecule has 0 aliphatic carbocycles. The first-order valence-electron chi connectivity index (χ1n) is 6.80. The van der Waals surface area contributed by atoms with Crippen molar-refractivity contribution in [3.8, 4) is 0 Å². The number of halogens is 1. The van der Waals surface area contributed by atoms with E-state index in [9.17, 15) is 0 Å². The molecule has 1 aromatic rings. The molecule has 0 bridgehead atoms. The maximum absolute atomic E-state index is 6.23. The van der Waals surface area contributed by atoms with E-state index in [2.05, 4.69) is 30.7 Å². The average Bonchev–Trinajstić information content (AvgIpc) is 2.64. The molecule has 0 amide bonds. The molecular weight excluding hydrogens is 246 g/mol.